The molecular weight excluding hydrogens is 162 g/mol. The fourth-order valence-corrected chi connectivity index (χ4v) is 1.15. The van der Waals surface area contributed by atoms with Gasteiger partial charge < -0.3 is 0 Å². The molecule has 3 nitrogen and oxygen atoms in total. The van der Waals surface area contributed by atoms with Crippen molar-refractivity contribution in [2.75, 3.05) is 0 Å². The molecule has 0 fully saturated rings. The Morgan fingerprint density at radius 1 is 1.23 bits per heavy atom. The normalized spacial score (nSPS) is 9.46. The summed E-state index contributed by atoms with van der Waals surface area (Å²) in [4.78, 5) is 0. The Morgan fingerprint density at radius 2 is 1.92 bits per heavy atom. The van der Waals surface area contributed by atoms with E-state index in [0.29, 0.717) is 0 Å². The lowest BCUT2D eigenvalue weighted by molar-refractivity contribution is 0.646. The fraction of sp³-hybridized carbons (Fsp3) is 0.400. The molecule has 0 aliphatic carbocycles. The van der Waals surface area contributed by atoms with Crippen molar-refractivity contribution in [1.82, 2.24) is 15.0 Å². The Morgan fingerprint density at radius 3 is 2.62 bits per heavy atom. The van der Waals surface area contributed by atoms with Crippen LogP contribution in [0.3, 0.4) is 0 Å². The summed E-state index contributed by atoms with van der Waals surface area (Å²) in [5.74, 6) is 0. The van der Waals surface area contributed by atoms with Crippen molar-refractivity contribution in [2.24, 2.45) is 0 Å². The summed E-state index contributed by atoms with van der Waals surface area (Å²) >= 11 is 0. The van der Waals surface area contributed by atoms with E-state index in [4.69, 9.17) is 0 Å². The van der Waals surface area contributed by atoms with Crippen molar-refractivity contribution < 1.29 is 0 Å². The van der Waals surface area contributed by atoms with E-state index in [0.717, 1.165) is 17.6 Å². The minimum absolute atomic E-state index is 0.876. The smallest absolute Gasteiger partial charge is 0.113 e. The first-order valence-corrected chi connectivity index (χ1v) is 4.70. The van der Waals surface area contributed by atoms with Gasteiger partial charge in [0.15, 0.2) is 0 Å². The Kier molecular flexibility index (Phi) is 3.43. The van der Waals surface area contributed by atoms with E-state index in [1.165, 1.54) is 0 Å². The first kappa shape index (κ1) is 9.71. The van der Waals surface area contributed by atoms with Crippen LogP contribution in [0.1, 0.15) is 20.8 Å². The van der Waals surface area contributed by atoms with Crippen molar-refractivity contribution in [3.05, 3.63) is 24.3 Å². The summed E-state index contributed by atoms with van der Waals surface area (Å²) in [7, 11) is 0. The second-order valence-electron chi connectivity index (χ2n) is 2.39. The van der Waals surface area contributed by atoms with Gasteiger partial charge in [0.05, 0.1) is 5.52 Å². The molecule has 0 saturated carbocycles. The van der Waals surface area contributed by atoms with Crippen LogP contribution in [-0.4, -0.2) is 15.0 Å². The van der Waals surface area contributed by atoms with E-state index >= 15 is 0 Å². The third-order valence-corrected chi connectivity index (χ3v) is 1.72. The Bertz CT molecular complexity index is 365. The number of benzene rings is 1. The Labute approximate surface area is 78.4 Å². The lowest BCUT2D eigenvalue weighted by atomic mass is 10.3. The molecule has 1 aromatic carbocycles. The van der Waals surface area contributed by atoms with Gasteiger partial charge in [0.2, 0.25) is 0 Å². The molecule has 0 aliphatic rings. The maximum absolute atomic E-state index is 4.00. The third-order valence-electron chi connectivity index (χ3n) is 1.72. The van der Waals surface area contributed by atoms with Crippen LogP contribution >= 0.6 is 0 Å². The molecule has 0 saturated heterocycles. The topological polar surface area (TPSA) is 30.7 Å². The van der Waals surface area contributed by atoms with Gasteiger partial charge in [-0.1, -0.05) is 31.2 Å². The number of fused-ring (bicyclic) bond motifs is 1. The van der Waals surface area contributed by atoms with Crippen molar-refractivity contribution in [3.63, 3.8) is 0 Å². The molecule has 0 radical (unpaired) electrons. The number of rotatable bonds is 1. The first-order chi connectivity index (χ1) is 6.42. The summed E-state index contributed by atoms with van der Waals surface area (Å²) in [6.07, 6.45) is 0. The quantitative estimate of drug-likeness (QED) is 0.670. The number of para-hydroxylation sites is 1. The highest BCUT2D eigenvalue weighted by Crippen LogP contribution is 2.08. The van der Waals surface area contributed by atoms with E-state index in [-0.39, 0.29) is 0 Å². The molecule has 0 atom stereocenters. The molecule has 1 heterocycles. The van der Waals surface area contributed by atoms with E-state index in [1.807, 2.05) is 42.8 Å². The second-order valence-corrected chi connectivity index (χ2v) is 2.39. The van der Waals surface area contributed by atoms with Crippen molar-refractivity contribution in [3.8, 4) is 0 Å². The zero-order valence-corrected chi connectivity index (χ0v) is 8.36. The highest BCUT2D eigenvalue weighted by atomic mass is 15.4. The van der Waals surface area contributed by atoms with Gasteiger partial charge in [-0.2, -0.15) is 0 Å². The molecule has 1 aromatic heterocycles. The van der Waals surface area contributed by atoms with E-state index in [1.54, 1.807) is 0 Å². The van der Waals surface area contributed by atoms with Gasteiger partial charge >= 0.3 is 0 Å². The second kappa shape index (κ2) is 4.60. The predicted molar refractivity (Wildman–Crippen MR) is 54.6 cm³/mol. The minimum Gasteiger partial charge on any atom is -0.245 e. The zero-order chi connectivity index (χ0) is 9.68. The number of nitrogens with zero attached hydrogens (tertiary/aromatic N) is 3. The lowest BCUT2D eigenvalue weighted by Gasteiger charge is -1.93. The largest absolute Gasteiger partial charge is 0.245 e. The molecule has 0 aliphatic heterocycles. The standard InChI is InChI=1S/C8H9N3.C2H6/c1-2-11-8-6-4-3-5-7(8)9-10-11;1-2/h3-6H,2H2,1H3;1-2H3. The highest BCUT2D eigenvalue weighted by Gasteiger charge is 1.98. The SMILES string of the molecule is CC.CCn1nnc2ccccc21. The van der Waals surface area contributed by atoms with E-state index in [9.17, 15) is 0 Å². The van der Waals surface area contributed by atoms with Crippen LogP contribution in [0.2, 0.25) is 0 Å². The molecule has 2 aromatic rings. The zero-order valence-electron chi connectivity index (χ0n) is 8.36. The predicted octanol–water partition coefficient (Wildman–Crippen LogP) is 2.48. The van der Waals surface area contributed by atoms with Crippen molar-refractivity contribution in [2.45, 2.75) is 27.3 Å². The summed E-state index contributed by atoms with van der Waals surface area (Å²) in [6, 6.07) is 7.96. The van der Waals surface area contributed by atoms with Crippen molar-refractivity contribution in [1.29, 1.82) is 0 Å². The summed E-state index contributed by atoms with van der Waals surface area (Å²) in [5, 5.41) is 7.98. The number of hydrogen-bond donors (Lipinski definition) is 0. The summed E-state index contributed by atoms with van der Waals surface area (Å²) in [6.45, 7) is 6.93. The molecule has 0 spiro atoms. The van der Waals surface area contributed by atoms with Crippen LogP contribution in [0.15, 0.2) is 24.3 Å². The highest BCUT2D eigenvalue weighted by molar-refractivity contribution is 5.73. The van der Waals surface area contributed by atoms with Crippen molar-refractivity contribution >= 4 is 11.0 Å². The van der Waals surface area contributed by atoms with Gasteiger partial charge in [-0.25, -0.2) is 4.68 Å². The van der Waals surface area contributed by atoms with Gasteiger partial charge in [0.1, 0.15) is 5.52 Å². The van der Waals surface area contributed by atoms with Crippen LogP contribution in [0, 0.1) is 0 Å². The minimum atomic E-state index is 0.876. The van der Waals surface area contributed by atoms with Gasteiger partial charge in [-0.05, 0) is 19.1 Å². The van der Waals surface area contributed by atoms with E-state index < -0.39 is 0 Å². The van der Waals surface area contributed by atoms with Crippen LogP contribution in [0.5, 0.6) is 0 Å². The van der Waals surface area contributed by atoms with Gasteiger partial charge in [0.25, 0.3) is 0 Å². The molecule has 2 rings (SSSR count). The fourth-order valence-electron chi connectivity index (χ4n) is 1.15. The monoisotopic (exact) mass is 177 g/mol. The molecule has 0 amide bonds. The summed E-state index contributed by atoms with van der Waals surface area (Å²) < 4.78 is 1.88. The number of aryl methyl sites for hydroxylation is 1. The van der Waals surface area contributed by atoms with Gasteiger partial charge in [0, 0.05) is 6.54 Å². The van der Waals surface area contributed by atoms with E-state index in [2.05, 4.69) is 17.2 Å². The first-order valence-electron chi connectivity index (χ1n) is 4.70. The Balaban J connectivity index is 0.000000396. The Hall–Kier alpha value is -1.38. The van der Waals surface area contributed by atoms with Crippen LogP contribution < -0.4 is 0 Å². The molecule has 0 unspecified atom stereocenters. The lowest BCUT2D eigenvalue weighted by Crippen LogP contribution is -1.95. The van der Waals surface area contributed by atoms with Gasteiger partial charge in [-0.15, -0.1) is 5.10 Å². The maximum atomic E-state index is 4.00. The average molecular weight is 177 g/mol. The third kappa shape index (κ3) is 1.86. The molecule has 0 bridgehead atoms. The number of aromatic nitrogens is 3. The molecule has 13 heavy (non-hydrogen) atoms. The van der Waals surface area contributed by atoms with Crippen LogP contribution in [0.4, 0.5) is 0 Å². The summed E-state index contributed by atoms with van der Waals surface area (Å²) in [5.41, 5.74) is 2.07. The van der Waals surface area contributed by atoms with Crippen LogP contribution in [0.25, 0.3) is 11.0 Å². The molecular formula is C10H15N3. The van der Waals surface area contributed by atoms with Crippen LogP contribution in [-0.2, 0) is 6.54 Å². The molecule has 0 N–H and O–H groups in total. The maximum Gasteiger partial charge on any atom is 0.113 e. The number of hydrogen-bond acceptors (Lipinski definition) is 2. The average Bonchev–Trinajstić information content (AvgIpc) is 2.64. The molecule has 70 valence electrons. The van der Waals surface area contributed by atoms with Gasteiger partial charge in [-0.3, -0.25) is 0 Å². The molecule has 3 heteroatoms.